The van der Waals surface area contributed by atoms with Gasteiger partial charge < -0.3 is 15.4 Å². The number of halogens is 1. The highest BCUT2D eigenvalue weighted by Gasteiger charge is 2.38. The Kier molecular flexibility index (Phi) is 10.1. The van der Waals surface area contributed by atoms with Gasteiger partial charge in [-0.25, -0.2) is 0 Å². The second-order valence-corrected chi connectivity index (χ2v) is 12.3. The maximum atomic E-state index is 12.4. The van der Waals surface area contributed by atoms with E-state index in [0.29, 0.717) is 19.1 Å². The summed E-state index contributed by atoms with van der Waals surface area (Å²) in [7, 11) is 0. The summed E-state index contributed by atoms with van der Waals surface area (Å²) in [4.78, 5) is 0. The second kappa shape index (κ2) is 12.1. The van der Waals surface area contributed by atoms with E-state index >= 15 is 0 Å². The third kappa shape index (κ3) is 7.83. The molecule has 3 aliphatic carbocycles. The van der Waals surface area contributed by atoms with Crippen LogP contribution in [0.2, 0.25) is 0 Å². The molecule has 0 spiro atoms. The number of thiol groups is 2. The molecule has 0 amide bonds. The zero-order chi connectivity index (χ0) is 21.3. The number of alkyl halides is 1. The highest BCUT2D eigenvalue weighted by atomic mass is 32.1. The van der Waals surface area contributed by atoms with Crippen LogP contribution < -0.4 is 10.6 Å². The zero-order valence-electron chi connectivity index (χ0n) is 18.9. The largest absolute Gasteiger partial charge is 0.378 e. The lowest BCUT2D eigenvalue weighted by Gasteiger charge is -2.45. The van der Waals surface area contributed by atoms with Gasteiger partial charge >= 0.3 is 0 Å². The molecule has 0 aromatic carbocycles. The molecule has 3 fully saturated rings. The van der Waals surface area contributed by atoms with Crippen LogP contribution in [0.4, 0.5) is 4.39 Å². The first kappa shape index (κ1) is 25.1. The van der Waals surface area contributed by atoms with Gasteiger partial charge in [-0.3, -0.25) is 4.39 Å². The lowest BCUT2D eigenvalue weighted by Crippen LogP contribution is -2.59. The number of rotatable bonds is 11. The number of hydrogen-bond acceptors (Lipinski definition) is 5. The third-order valence-corrected chi connectivity index (χ3v) is 9.01. The first-order valence-corrected chi connectivity index (χ1v) is 13.4. The Morgan fingerprint density at radius 1 is 0.767 bits per heavy atom. The summed E-state index contributed by atoms with van der Waals surface area (Å²) in [6.45, 7) is 3.27. The van der Waals surface area contributed by atoms with Crippen molar-refractivity contribution >= 4 is 25.3 Å². The van der Waals surface area contributed by atoms with Gasteiger partial charge in [-0.2, -0.15) is 25.3 Å². The molecule has 0 aromatic rings. The van der Waals surface area contributed by atoms with E-state index in [4.69, 9.17) is 30.0 Å². The Labute approximate surface area is 195 Å². The van der Waals surface area contributed by atoms with Gasteiger partial charge in [-0.1, -0.05) is 38.5 Å². The van der Waals surface area contributed by atoms with E-state index < -0.39 is 0 Å². The van der Waals surface area contributed by atoms with Gasteiger partial charge in [0, 0.05) is 41.3 Å². The predicted octanol–water partition coefficient (Wildman–Crippen LogP) is 5.49. The van der Waals surface area contributed by atoms with E-state index in [1.54, 1.807) is 0 Å². The van der Waals surface area contributed by atoms with Crippen molar-refractivity contribution in [2.75, 3.05) is 32.9 Å². The molecule has 3 saturated carbocycles. The van der Waals surface area contributed by atoms with Crippen molar-refractivity contribution in [3.63, 3.8) is 0 Å². The fourth-order valence-electron chi connectivity index (χ4n) is 5.69. The number of nitrogens with one attached hydrogen (secondary N) is 2. The van der Waals surface area contributed by atoms with Crippen LogP contribution in [0.15, 0.2) is 0 Å². The molecule has 176 valence electrons. The van der Waals surface area contributed by atoms with Gasteiger partial charge in [0.2, 0.25) is 0 Å². The lowest BCUT2D eigenvalue weighted by atomic mass is 9.78. The Morgan fingerprint density at radius 3 is 1.90 bits per heavy atom. The third-order valence-electron chi connectivity index (χ3n) is 7.80. The Hall–Kier alpha value is 0.510. The molecule has 6 heteroatoms. The summed E-state index contributed by atoms with van der Waals surface area (Å²) in [5.74, 6) is 0. The van der Waals surface area contributed by atoms with Crippen LogP contribution in [0.1, 0.15) is 96.3 Å². The molecule has 0 saturated heterocycles. The number of ether oxygens (including phenoxy) is 1. The van der Waals surface area contributed by atoms with Crippen LogP contribution in [0.25, 0.3) is 0 Å². The Bertz CT molecular complexity index is 488. The van der Waals surface area contributed by atoms with Crippen molar-refractivity contribution in [2.24, 2.45) is 0 Å². The molecule has 0 radical (unpaired) electrons. The predicted molar refractivity (Wildman–Crippen MR) is 132 cm³/mol. The second-order valence-electron chi connectivity index (χ2n) is 10.4. The van der Waals surface area contributed by atoms with Crippen molar-refractivity contribution < 1.29 is 9.13 Å². The summed E-state index contributed by atoms with van der Waals surface area (Å²) in [6, 6.07) is 0. The lowest BCUT2D eigenvalue weighted by molar-refractivity contribution is 0.00421. The maximum Gasteiger partial charge on any atom is 0.0916 e. The van der Waals surface area contributed by atoms with Crippen molar-refractivity contribution in [3.05, 3.63) is 0 Å². The fourth-order valence-corrected chi connectivity index (χ4v) is 6.51. The van der Waals surface area contributed by atoms with Gasteiger partial charge in [-0.05, 0) is 57.8 Å². The molecule has 0 bridgehead atoms. The van der Waals surface area contributed by atoms with Crippen LogP contribution in [-0.2, 0) is 4.74 Å². The summed E-state index contributed by atoms with van der Waals surface area (Å²) < 4.78 is 18.6. The highest BCUT2D eigenvalue weighted by Crippen LogP contribution is 2.36. The van der Waals surface area contributed by atoms with Gasteiger partial charge in [0.05, 0.1) is 12.8 Å². The van der Waals surface area contributed by atoms with Crippen LogP contribution in [0.5, 0.6) is 0 Å². The van der Waals surface area contributed by atoms with Gasteiger partial charge in [0.15, 0.2) is 0 Å². The van der Waals surface area contributed by atoms with Crippen molar-refractivity contribution in [1.29, 1.82) is 0 Å². The summed E-state index contributed by atoms with van der Waals surface area (Å²) in [5.41, 5.74) is 0.117. The molecule has 0 heterocycles. The molecule has 0 aliphatic heterocycles. The molecule has 3 nitrogen and oxygen atoms in total. The van der Waals surface area contributed by atoms with E-state index in [-0.39, 0.29) is 21.7 Å². The molecular formula is C24H45FN2OS2. The molecular weight excluding hydrogens is 415 g/mol. The maximum absolute atomic E-state index is 12.4. The normalized spacial score (nSPS) is 31.5. The molecule has 3 rings (SSSR count). The summed E-state index contributed by atoms with van der Waals surface area (Å²) >= 11 is 10.1. The Balaban J connectivity index is 1.53. The van der Waals surface area contributed by atoms with Crippen molar-refractivity contribution in [2.45, 2.75) is 117 Å². The van der Waals surface area contributed by atoms with Crippen molar-refractivity contribution in [1.82, 2.24) is 10.6 Å². The molecule has 30 heavy (non-hydrogen) atoms. The molecule has 3 aliphatic rings. The topological polar surface area (TPSA) is 33.3 Å². The molecule has 0 aromatic heterocycles. The molecule has 0 atom stereocenters. The van der Waals surface area contributed by atoms with E-state index in [1.807, 2.05) is 0 Å². The monoisotopic (exact) mass is 460 g/mol. The van der Waals surface area contributed by atoms with E-state index in [2.05, 4.69) is 10.6 Å². The first-order chi connectivity index (χ1) is 14.5. The average molecular weight is 461 g/mol. The fraction of sp³-hybridized carbons (Fsp3) is 1.00. The van der Waals surface area contributed by atoms with Crippen LogP contribution in [-0.4, -0.2) is 54.1 Å². The minimum Gasteiger partial charge on any atom is -0.378 e. The highest BCUT2D eigenvalue weighted by molar-refractivity contribution is 7.82. The quantitative estimate of drug-likeness (QED) is 0.243. The zero-order valence-corrected chi connectivity index (χ0v) is 20.7. The van der Waals surface area contributed by atoms with Crippen LogP contribution in [0.3, 0.4) is 0 Å². The average Bonchev–Trinajstić information content (AvgIpc) is 2.75. The van der Waals surface area contributed by atoms with E-state index in [1.165, 1.54) is 64.2 Å². The van der Waals surface area contributed by atoms with Crippen LogP contribution in [0, 0.1) is 0 Å². The minimum absolute atomic E-state index is 0.117. The van der Waals surface area contributed by atoms with Crippen LogP contribution >= 0.6 is 25.3 Å². The smallest absolute Gasteiger partial charge is 0.0916 e. The Morgan fingerprint density at radius 2 is 1.33 bits per heavy atom. The van der Waals surface area contributed by atoms with Gasteiger partial charge in [0.25, 0.3) is 0 Å². The standard InChI is InChI=1S/C24H45FN2OS2/c25-16-7-17-28-21-8-14-22(15-9-21,27-20-24(30)12-5-2-6-13-24)18-26-19-23(29)10-3-1-4-11-23/h21,26-27,29-30H,1-20H2. The molecule has 0 unspecified atom stereocenters. The minimum atomic E-state index is -0.280. The SMILES string of the molecule is FCCCOC1CCC(CNCC2(S)CCCCC2)(NCC2(S)CCCCC2)CC1. The van der Waals surface area contributed by atoms with E-state index in [9.17, 15) is 4.39 Å². The van der Waals surface area contributed by atoms with Crippen molar-refractivity contribution in [3.8, 4) is 0 Å². The summed E-state index contributed by atoms with van der Waals surface area (Å²) in [6.07, 6.45) is 18.0. The molecule has 2 N–H and O–H groups in total. The van der Waals surface area contributed by atoms with E-state index in [0.717, 1.165) is 45.3 Å². The number of hydrogen-bond donors (Lipinski definition) is 4. The first-order valence-electron chi connectivity index (χ1n) is 12.5. The van der Waals surface area contributed by atoms with Gasteiger partial charge in [0.1, 0.15) is 0 Å². The summed E-state index contributed by atoms with van der Waals surface area (Å²) in [5, 5.41) is 7.82. The van der Waals surface area contributed by atoms with Gasteiger partial charge in [-0.15, -0.1) is 0 Å².